The first-order valence-electron chi connectivity index (χ1n) is 6.50. The molecule has 0 aromatic heterocycles. The molecule has 2 aromatic rings. The maximum absolute atomic E-state index is 12.4. The van der Waals surface area contributed by atoms with Gasteiger partial charge in [0.2, 0.25) is 0 Å². The lowest BCUT2D eigenvalue weighted by molar-refractivity contribution is 0.0532. The number of benzene rings is 2. The Hall–Kier alpha value is -2.13. The minimum absolute atomic E-state index is 0.107. The summed E-state index contributed by atoms with van der Waals surface area (Å²) in [4.78, 5) is 12.4. The standard InChI is InChI=1S/C17H19NO2/c1-17(2,20-3)16(18)11-15(19)14-10-6-8-12-7-4-5-9-13(12)14/h4-11H,18H2,1-3H3/b16-11-. The lowest BCUT2D eigenvalue weighted by atomic mass is 9.98. The fraction of sp³-hybridized carbons (Fsp3) is 0.235. The van der Waals surface area contributed by atoms with Crippen molar-refractivity contribution in [3.8, 4) is 0 Å². The van der Waals surface area contributed by atoms with Gasteiger partial charge in [-0.25, -0.2) is 0 Å². The fourth-order valence-corrected chi connectivity index (χ4v) is 1.95. The molecule has 0 radical (unpaired) electrons. The molecule has 0 saturated carbocycles. The first-order chi connectivity index (χ1) is 9.45. The minimum atomic E-state index is -0.653. The second kappa shape index (κ2) is 5.47. The highest BCUT2D eigenvalue weighted by Gasteiger charge is 2.21. The molecule has 3 nitrogen and oxygen atoms in total. The van der Waals surface area contributed by atoms with Crippen molar-refractivity contribution in [3.63, 3.8) is 0 Å². The van der Waals surface area contributed by atoms with E-state index in [0.717, 1.165) is 10.8 Å². The van der Waals surface area contributed by atoms with Crippen molar-refractivity contribution in [2.75, 3.05) is 7.11 Å². The van der Waals surface area contributed by atoms with E-state index in [4.69, 9.17) is 10.5 Å². The van der Waals surface area contributed by atoms with E-state index >= 15 is 0 Å². The number of nitrogens with two attached hydrogens (primary N) is 1. The molecular formula is C17H19NO2. The molecule has 0 bridgehead atoms. The quantitative estimate of drug-likeness (QED) is 0.684. The van der Waals surface area contributed by atoms with Crippen LogP contribution in [0, 0.1) is 0 Å². The lowest BCUT2D eigenvalue weighted by Crippen LogP contribution is -2.31. The Morgan fingerprint density at radius 2 is 1.80 bits per heavy atom. The van der Waals surface area contributed by atoms with Gasteiger partial charge in [-0.15, -0.1) is 0 Å². The zero-order valence-corrected chi connectivity index (χ0v) is 12.0. The van der Waals surface area contributed by atoms with Crippen LogP contribution in [0.15, 0.2) is 54.2 Å². The van der Waals surface area contributed by atoms with Crippen LogP contribution in [0.1, 0.15) is 24.2 Å². The summed E-state index contributed by atoms with van der Waals surface area (Å²) in [6.45, 7) is 3.66. The van der Waals surface area contributed by atoms with Gasteiger partial charge in [-0.05, 0) is 24.6 Å². The zero-order chi connectivity index (χ0) is 14.8. The lowest BCUT2D eigenvalue weighted by Gasteiger charge is -2.23. The van der Waals surface area contributed by atoms with E-state index in [0.29, 0.717) is 11.3 Å². The molecule has 0 fully saturated rings. The molecule has 104 valence electrons. The molecule has 2 N–H and O–H groups in total. The van der Waals surface area contributed by atoms with E-state index in [1.165, 1.54) is 6.08 Å². The van der Waals surface area contributed by atoms with Crippen LogP contribution in [0.5, 0.6) is 0 Å². The SMILES string of the molecule is COC(C)(C)/C(N)=C/C(=O)c1cccc2ccccc12. The van der Waals surface area contributed by atoms with Crippen LogP contribution < -0.4 is 5.73 Å². The van der Waals surface area contributed by atoms with Crippen LogP contribution in [0.2, 0.25) is 0 Å². The summed E-state index contributed by atoms with van der Waals surface area (Å²) in [5, 5.41) is 1.97. The summed E-state index contributed by atoms with van der Waals surface area (Å²) in [5.41, 5.74) is 6.37. The molecule has 2 aromatic carbocycles. The Kier molecular flexibility index (Phi) is 3.91. The first kappa shape index (κ1) is 14.3. The van der Waals surface area contributed by atoms with Crippen LogP contribution in [-0.4, -0.2) is 18.5 Å². The number of carbonyl (C=O) groups is 1. The number of ether oxygens (including phenoxy) is 1. The number of fused-ring (bicyclic) bond motifs is 1. The second-order valence-electron chi connectivity index (χ2n) is 5.21. The van der Waals surface area contributed by atoms with Crippen molar-refractivity contribution < 1.29 is 9.53 Å². The van der Waals surface area contributed by atoms with Crippen LogP contribution in [0.25, 0.3) is 10.8 Å². The Balaban J connectivity index is 2.45. The average Bonchev–Trinajstić information content (AvgIpc) is 2.46. The van der Waals surface area contributed by atoms with E-state index in [2.05, 4.69) is 0 Å². The summed E-state index contributed by atoms with van der Waals surface area (Å²) < 4.78 is 5.28. The largest absolute Gasteiger partial charge is 0.400 e. The number of allylic oxidation sites excluding steroid dienone is 1. The average molecular weight is 269 g/mol. The molecule has 0 spiro atoms. The van der Waals surface area contributed by atoms with Gasteiger partial charge in [-0.3, -0.25) is 4.79 Å². The molecule has 3 heteroatoms. The summed E-state index contributed by atoms with van der Waals surface area (Å²) in [7, 11) is 1.57. The van der Waals surface area contributed by atoms with E-state index < -0.39 is 5.60 Å². The van der Waals surface area contributed by atoms with E-state index in [1.54, 1.807) is 7.11 Å². The summed E-state index contributed by atoms with van der Waals surface area (Å²) >= 11 is 0. The minimum Gasteiger partial charge on any atom is -0.400 e. The molecule has 0 saturated heterocycles. The topological polar surface area (TPSA) is 52.3 Å². The van der Waals surface area contributed by atoms with E-state index in [1.807, 2.05) is 56.3 Å². The number of hydrogen-bond donors (Lipinski definition) is 1. The first-order valence-corrected chi connectivity index (χ1v) is 6.50. The molecule has 2 rings (SSSR count). The molecule has 0 aliphatic carbocycles. The summed E-state index contributed by atoms with van der Waals surface area (Å²) in [6, 6.07) is 13.5. The normalized spacial score (nSPS) is 12.7. The van der Waals surface area contributed by atoms with E-state index in [-0.39, 0.29) is 5.78 Å². The van der Waals surface area contributed by atoms with Gasteiger partial charge in [-0.1, -0.05) is 42.5 Å². The third-order valence-electron chi connectivity index (χ3n) is 3.55. The van der Waals surface area contributed by atoms with Crippen molar-refractivity contribution in [2.24, 2.45) is 5.73 Å². The summed E-state index contributed by atoms with van der Waals surface area (Å²) in [5.74, 6) is -0.107. The number of carbonyl (C=O) groups excluding carboxylic acids is 1. The van der Waals surface area contributed by atoms with Gasteiger partial charge in [0.25, 0.3) is 0 Å². The molecular weight excluding hydrogens is 250 g/mol. The van der Waals surface area contributed by atoms with Gasteiger partial charge < -0.3 is 10.5 Å². The van der Waals surface area contributed by atoms with Gasteiger partial charge >= 0.3 is 0 Å². The monoisotopic (exact) mass is 269 g/mol. The van der Waals surface area contributed by atoms with Crippen molar-refractivity contribution >= 4 is 16.6 Å². The van der Waals surface area contributed by atoms with E-state index in [9.17, 15) is 4.79 Å². The van der Waals surface area contributed by atoms with Gasteiger partial charge in [0.15, 0.2) is 5.78 Å². The Bertz CT molecular complexity index is 666. The van der Waals surface area contributed by atoms with Gasteiger partial charge in [0, 0.05) is 24.4 Å². The second-order valence-corrected chi connectivity index (χ2v) is 5.21. The van der Waals surface area contributed by atoms with Crippen molar-refractivity contribution in [1.29, 1.82) is 0 Å². The maximum Gasteiger partial charge on any atom is 0.188 e. The number of hydrogen-bond acceptors (Lipinski definition) is 3. The molecule has 0 atom stereocenters. The maximum atomic E-state index is 12.4. The predicted octanol–water partition coefficient (Wildman–Crippen LogP) is 3.29. The van der Waals surface area contributed by atoms with Crippen LogP contribution in [-0.2, 0) is 4.74 Å². The fourth-order valence-electron chi connectivity index (χ4n) is 1.95. The molecule has 0 aliphatic rings. The zero-order valence-electron chi connectivity index (χ0n) is 12.0. The Morgan fingerprint density at radius 3 is 2.50 bits per heavy atom. The third kappa shape index (κ3) is 2.73. The smallest absolute Gasteiger partial charge is 0.188 e. The summed E-state index contributed by atoms with van der Waals surface area (Å²) in [6.07, 6.45) is 1.45. The predicted molar refractivity (Wildman–Crippen MR) is 81.6 cm³/mol. The molecule has 0 amide bonds. The van der Waals surface area contributed by atoms with Crippen LogP contribution in [0.3, 0.4) is 0 Å². The van der Waals surface area contributed by atoms with Crippen molar-refractivity contribution in [2.45, 2.75) is 19.4 Å². The van der Waals surface area contributed by atoms with Gasteiger partial charge in [-0.2, -0.15) is 0 Å². The highest BCUT2D eigenvalue weighted by Crippen LogP contribution is 2.21. The van der Waals surface area contributed by atoms with Crippen molar-refractivity contribution in [1.82, 2.24) is 0 Å². The van der Waals surface area contributed by atoms with Crippen LogP contribution in [0.4, 0.5) is 0 Å². The van der Waals surface area contributed by atoms with Gasteiger partial charge in [0.05, 0.1) is 0 Å². The molecule has 0 heterocycles. The molecule has 0 unspecified atom stereocenters. The number of methoxy groups -OCH3 is 1. The van der Waals surface area contributed by atoms with Crippen molar-refractivity contribution in [3.05, 3.63) is 59.8 Å². The number of rotatable bonds is 4. The number of ketones is 1. The molecule has 20 heavy (non-hydrogen) atoms. The highest BCUT2D eigenvalue weighted by atomic mass is 16.5. The van der Waals surface area contributed by atoms with Crippen LogP contribution >= 0.6 is 0 Å². The molecule has 0 aliphatic heterocycles. The van der Waals surface area contributed by atoms with Gasteiger partial charge in [0.1, 0.15) is 5.60 Å². The third-order valence-corrected chi connectivity index (χ3v) is 3.55. The highest BCUT2D eigenvalue weighted by molar-refractivity contribution is 6.13. The Morgan fingerprint density at radius 1 is 1.15 bits per heavy atom. The Labute approximate surface area is 119 Å².